The fraction of sp³-hybridized carbons (Fsp3) is 0.150. The summed E-state index contributed by atoms with van der Waals surface area (Å²) in [6, 6.07) is 12.2. The molecule has 4 rings (SSSR count). The molecule has 0 aliphatic rings. The van der Waals surface area contributed by atoms with Crippen molar-refractivity contribution in [3.05, 3.63) is 63.4 Å². The monoisotopic (exact) mass is 402 g/mol. The third kappa shape index (κ3) is 3.43. The maximum absolute atomic E-state index is 12.4. The Bertz CT molecular complexity index is 1210. The fourth-order valence-corrected chi connectivity index (χ4v) is 3.54. The lowest BCUT2D eigenvalue weighted by Gasteiger charge is -2.07. The lowest BCUT2D eigenvalue weighted by atomic mass is 10.0. The van der Waals surface area contributed by atoms with Crippen LogP contribution >= 0.6 is 11.6 Å². The molecular formula is C20H19ClN2O3S. The van der Waals surface area contributed by atoms with Gasteiger partial charge in [0.15, 0.2) is 5.58 Å². The van der Waals surface area contributed by atoms with E-state index in [0.29, 0.717) is 37.7 Å². The zero-order valence-electron chi connectivity index (χ0n) is 15.1. The highest BCUT2D eigenvalue weighted by Gasteiger charge is 2.18. The van der Waals surface area contributed by atoms with Crippen LogP contribution in [-0.2, 0) is 11.0 Å². The molecule has 0 saturated carbocycles. The summed E-state index contributed by atoms with van der Waals surface area (Å²) in [6.07, 6.45) is 0. The maximum Gasteiger partial charge on any atom is 0.252 e. The lowest BCUT2D eigenvalue weighted by Crippen LogP contribution is -2.10. The molecule has 0 fully saturated rings. The van der Waals surface area contributed by atoms with Crippen molar-refractivity contribution in [2.24, 2.45) is 5.14 Å². The predicted molar refractivity (Wildman–Crippen MR) is 111 cm³/mol. The van der Waals surface area contributed by atoms with Crippen molar-refractivity contribution in [1.82, 2.24) is 4.98 Å². The van der Waals surface area contributed by atoms with E-state index in [-0.39, 0.29) is 5.56 Å². The zero-order chi connectivity index (χ0) is 19.7. The van der Waals surface area contributed by atoms with Gasteiger partial charge in [-0.2, -0.15) is 0 Å². The second kappa shape index (κ2) is 7.68. The van der Waals surface area contributed by atoms with E-state index in [1.165, 1.54) is 0 Å². The molecule has 0 aliphatic carbocycles. The summed E-state index contributed by atoms with van der Waals surface area (Å²) in [5.74, 6) is 0. The van der Waals surface area contributed by atoms with Crippen LogP contribution in [-0.4, -0.2) is 9.19 Å². The minimum atomic E-state index is -1.55. The van der Waals surface area contributed by atoms with E-state index in [9.17, 15) is 9.00 Å². The summed E-state index contributed by atoms with van der Waals surface area (Å²) in [6.45, 7) is 5.74. The molecule has 0 spiro atoms. The van der Waals surface area contributed by atoms with Crippen molar-refractivity contribution in [2.45, 2.75) is 25.7 Å². The minimum absolute atomic E-state index is 0.198. The highest BCUT2D eigenvalue weighted by molar-refractivity contribution is 7.82. The van der Waals surface area contributed by atoms with Gasteiger partial charge in [0, 0.05) is 21.5 Å². The van der Waals surface area contributed by atoms with E-state index in [1.807, 2.05) is 13.8 Å². The topological polar surface area (TPSA) is 89.1 Å². The van der Waals surface area contributed by atoms with E-state index in [2.05, 4.69) is 4.98 Å². The highest BCUT2D eigenvalue weighted by atomic mass is 35.5. The van der Waals surface area contributed by atoms with Crippen molar-refractivity contribution in [3.8, 4) is 11.1 Å². The molecule has 0 saturated heterocycles. The molecule has 0 bridgehead atoms. The second-order valence-electron chi connectivity index (χ2n) is 5.72. The number of rotatable bonds is 2. The van der Waals surface area contributed by atoms with Crippen LogP contribution in [0.1, 0.15) is 19.4 Å². The molecule has 140 valence electrons. The first-order valence-corrected chi connectivity index (χ1v) is 10.1. The number of hydrogen-bond acceptors (Lipinski definition) is 3. The summed E-state index contributed by atoms with van der Waals surface area (Å²) in [7, 11) is -1.55. The lowest BCUT2D eigenvalue weighted by molar-refractivity contribution is 0.668. The molecule has 3 N–H and O–H groups in total. The van der Waals surface area contributed by atoms with Crippen LogP contribution in [0.15, 0.2) is 56.6 Å². The normalized spacial score (nSPS) is 12.0. The van der Waals surface area contributed by atoms with Crippen LogP contribution in [0.5, 0.6) is 0 Å². The van der Waals surface area contributed by atoms with Gasteiger partial charge in [0.2, 0.25) is 0 Å². The Morgan fingerprint density at radius 3 is 2.41 bits per heavy atom. The SMILES string of the molecule is CC.Cc1c(-c2ccc(S(N)=O)cc2)c2oc3ccc(Cl)cc3c2[nH]c1=O. The first-order chi connectivity index (χ1) is 13.0. The molecule has 4 aromatic rings. The molecule has 1 atom stereocenters. The number of H-pyrrole nitrogens is 1. The molecular weight excluding hydrogens is 384 g/mol. The third-order valence-corrected chi connectivity index (χ3v) is 5.18. The van der Waals surface area contributed by atoms with Gasteiger partial charge in [-0.25, -0.2) is 9.35 Å². The van der Waals surface area contributed by atoms with Gasteiger partial charge in [-0.05, 0) is 42.8 Å². The van der Waals surface area contributed by atoms with Crippen LogP contribution in [0.2, 0.25) is 5.02 Å². The van der Waals surface area contributed by atoms with Crippen LogP contribution in [0.25, 0.3) is 33.2 Å². The molecule has 2 heterocycles. The van der Waals surface area contributed by atoms with Crippen LogP contribution in [0.4, 0.5) is 0 Å². The number of fused-ring (bicyclic) bond motifs is 3. The number of aromatic nitrogens is 1. The maximum atomic E-state index is 12.4. The highest BCUT2D eigenvalue weighted by Crippen LogP contribution is 2.36. The van der Waals surface area contributed by atoms with Crippen LogP contribution in [0, 0.1) is 6.92 Å². The summed E-state index contributed by atoms with van der Waals surface area (Å²) < 4.78 is 17.4. The number of benzene rings is 2. The van der Waals surface area contributed by atoms with E-state index >= 15 is 0 Å². The summed E-state index contributed by atoms with van der Waals surface area (Å²) in [5, 5.41) is 6.71. The van der Waals surface area contributed by atoms with Gasteiger partial charge in [0.25, 0.3) is 5.56 Å². The van der Waals surface area contributed by atoms with Gasteiger partial charge >= 0.3 is 0 Å². The quantitative estimate of drug-likeness (QED) is 0.499. The smallest absolute Gasteiger partial charge is 0.252 e. The molecule has 0 amide bonds. The van der Waals surface area contributed by atoms with E-state index in [0.717, 1.165) is 10.9 Å². The molecule has 2 aromatic heterocycles. The second-order valence-corrected chi connectivity index (χ2v) is 7.23. The zero-order valence-corrected chi connectivity index (χ0v) is 16.7. The van der Waals surface area contributed by atoms with Gasteiger partial charge in [-0.1, -0.05) is 37.6 Å². The Morgan fingerprint density at radius 2 is 1.78 bits per heavy atom. The summed E-state index contributed by atoms with van der Waals surface area (Å²) in [5.41, 5.74) is 3.65. The number of pyridine rings is 1. The van der Waals surface area contributed by atoms with Gasteiger partial charge in [-0.3, -0.25) is 4.79 Å². The fourth-order valence-electron chi connectivity index (χ4n) is 2.96. The van der Waals surface area contributed by atoms with Gasteiger partial charge in [-0.15, -0.1) is 0 Å². The average molecular weight is 403 g/mol. The van der Waals surface area contributed by atoms with Crippen LogP contribution < -0.4 is 10.7 Å². The largest absolute Gasteiger partial charge is 0.454 e. The van der Waals surface area contributed by atoms with E-state index < -0.39 is 11.0 Å². The van der Waals surface area contributed by atoms with E-state index in [4.69, 9.17) is 21.2 Å². The Labute approximate surface area is 163 Å². The summed E-state index contributed by atoms with van der Waals surface area (Å²) >= 11 is 6.08. The first kappa shape index (κ1) is 19.4. The average Bonchev–Trinajstić information content (AvgIpc) is 3.01. The molecule has 5 nitrogen and oxygen atoms in total. The molecule has 2 aromatic carbocycles. The number of hydrogen-bond donors (Lipinski definition) is 2. The molecule has 1 unspecified atom stereocenters. The van der Waals surface area contributed by atoms with Crippen molar-refractivity contribution < 1.29 is 8.63 Å². The van der Waals surface area contributed by atoms with Crippen molar-refractivity contribution in [2.75, 3.05) is 0 Å². The number of nitrogens with two attached hydrogens (primary N) is 1. The molecule has 0 radical (unpaired) electrons. The van der Waals surface area contributed by atoms with Crippen molar-refractivity contribution >= 4 is 44.7 Å². The third-order valence-electron chi connectivity index (χ3n) is 4.21. The van der Waals surface area contributed by atoms with Crippen molar-refractivity contribution in [3.63, 3.8) is 0 Å². The number of nitrogens with one attached hydrogen (secondary N) is 1. The Balaban J connectivity index is 0.00000102. The Hall–Kier alpha value is -2.41. The van der Waals surface area contributed by atoms with Crippen LogP contribution in [0.3, 0.4) is 0 Å². The molecule has 27 heavy (non-hydrogen) atoms. The first-order valence-electron chi connectivity index (χ1n) is 8.47. The van der Waals surface area contributed by atoms with Gasteiger partial charge < -0.3 is 9.40 Å². The standard InChI is InChI=1S/C18H13ClN2O3S.C2H6/c1-9-15(10-2-5-12(6-3-10)25(20)23)17-16(21-18(9)22)13-8-11(19)4-7-14(13)24-17;1-2/h2-8H,20H2,1H3,(H,21,22);1-2H3. The summed E-state index contributed by atoms with van der Waals surface area (Å²) in [4.78, 5) is 15.8. The van der Waals surface area contributed by atoms with Crippen molar-refractivity contribution in [1.29, 1.82) is 0 Å². The predicted octanol–water partition coefficient (Wildman–Crippen LogP) is 4.91. The minimum Gasteiger partial charge on any atom is -0.454 e. The molecule has 7 heteroatoms. The Kier molecular flexibility index (Phi) is 5.51. The number of halogens is 1. The van der Waals surface area contributed by atoms with Gasteiger partial charge in [0.05, 0.1) is 10.4 Å². The molecule has 0 aliphatic heterocycles. The van der Waals surface area contributed by atoms with Gasteiger partial charge in [0.1, 0.15) is 16.6 Å². The number of aromatic amines is 1. The number of furan rings is 1. The Morgan fingerprint density at radius 1 is 1.11 bits per heavy atom. The van der Waals surface area contributed by atoms with E-state index in [1.54, 1.807) is 49.4 Å².